The molecule has 0 saturated heterocycles. The molecule has 0 bridgehead atoms. The van der Waals surface area contributed by atoms with Crippen LogP contribution in [0.1, 0.15) is 109 Å². The third kappa shape index (κ3) is 23.7. The van der Waals surface area contributed by atoms with Crippen LogP contribution in [0, 0.1) is 0 Å². The zero-order valence-electron chi connectivity index (χ0n) is 22.0. The maximum atomic E-state index is 9.04. The zero-order chi connectivity index (χ0) is 25.1. The normalized spacial score (nSPS) is 12.8. The quantitative estimate of drug-likeness (QED) is 0.0466. The van der Waals surface area contributed by atoms with Gasteiger partial charge < -0.3 is 0 Å². The molecule has 0 rings (SSSR count). The molecular formula is C27H57O4P2Pd. The van der Waals surface area contributed by atoms with Crippen molar-refractivity contribution in [3.8, 4) is 0 Å². The van der Waals surface area contributed by atoms with E-state index < -0.39 is 0 Å². The van der Waals surface area contributed by atoms with E-state index in [1.165, 1.54) is 88.6 Å². The number of hydrogen-bond acceptors (Lipinski definition) is 4. The van der Waals surface area contributed by atoms with Crippen molar-refractivity contribution in [3.05, 3.63) is 0 Å². The Bertz CT molecular complexity index is 366. The summed E-state index contributed by atoms with van der Waals surface area (Å²) in [6.07, 6.45) is 27.0. The van der Waals surface area contributed by atoms with Gasteiger partial charge in [0.15, 0.2) is 0 Å². The van der Waals surface area contributed by atoms with E-state index in [4.69, 9.17) is 20.4 Å². The molecule has 34 heavy (non-hydrogen) atoms. The fourth-order valence-corrected chi connectivity index (χ4v) is 11.4. The van der Waals surface area contributed by atoms with Crippen molar-refractivity contribution in [1.82, 2.24) is 0 Å². The summed E-state index contributed by atoms with van der Waals surface area (Å²) in [7, 11) is 0.131. The molecule has 0 fully saturated rings. The summed E-state index contributed by atoms with van der Waals surface area (Å²) in [5.74, 6) is 0. The minimum atomic E-state index is 0.0270. The third-order valence-electron chi connectivity index (χ3n) is 6.51. The van der Waals surface area contributed by atoms with E-state index >= 15 is 0 Å². The van der Waals surface area contributed by atoms with Crippen LogP contribution in [0.15, 0.2) is 0 Å². The average molecular weight is 614 g/mol. The van der Waals surface area contributed by atoms with Gasteiger partial charge in [-0.25, -0.2) is 0 Å². The molecule has 0 aliphatic heterocycles. The van der Waals surface area contributed by atoms with Crippen LogP contribution in [0.4, 0.5) is 0 Å². The average Bonchev–Trinajstić information content (AvgIpc) is 2.84. The molecule has 0 aromatic heterocycles. The van der Waals surface area contributed by atoms with Crippen LogP contribution < -0.4 is 0 Å². The van der Waals surface area contributed by atoms with Gasteiger partial charge in [-0.1, -0.05) is 0 Å². The van der Waals surface area contributed by atoms with E-state index in [0.29, 0.717) is 30.6 Å². The predicted molar refractivity (Wildman–Crippen MR) is 149 cm³/mol. The minimum absolute atomic E-state index is 0.0270. The second-order valence-corrected chi connectivity index (χ2v) is 16.7. The summed E-state index contributed by atoms with van der Waals surface area (Å²) < 4.78 is 0.711. The molecular weight excluding hydrogens is 557 g/mol. The molecule has 4 nitrogen and oxygen atoms in total. The van der Waals surface area contributed by atoms with E-state index in [1.807, 2.05) is 0 Å². The molecule has 4 N–H and O–H groups in total. The molecule has 0 aliphatic rings. The number of aliphatic hydroxyl groups excluding tert-OH is 4. The first-order chi connectivity index (χ1) is 16.7. The standard InChI is InChI=1S/C27H57O4P2.Pd/c28-18-9-1-5-13-22-32(23-14-6-2-10-19-29)26-17-27-33(24-15-7-3-11-20-30)25-16-8-4-12-21-31;/h26,28-31H,1-25,27H2;. The molecule has 0 aromatic rings. The predicted octanol–water partition coefficient (Wildman–Crippen LogP) is 6.42. The van der Waals surface area contributed by atoms with Crippen molar-refractivity contribution in [3.63, 3.8) is 0 Å². The first-order valence-corrected chi connectivity index (χ1v) is 18.8. The summed E-state index contributed by atoms with van der Waals surface area (Å²) in [5.41, 5.74) is 0. The zero-order valence-corrected chi connectivity index (χ0v) is 25.3. The first kappa shape index (κ1) is 35.4. The summed E-state index contributed by atoms with van der Waals surface area (Å²) >= 11 is 3.82. The van der Waals surface area contributed by atoms with Crippen LogP contribution in [0.2, 0.25) is 0 Å². The van der Waals surface area contributed by atoms with Gasteiger partial charge in [-0.3, -0.25) is 0 Å². The Morgan fingerprint density at radius 1 is 0.412 bits per heavy atom. The Morgan fingerprint density at radius 2 is 0.735 bits per heavy atom. The number of hydrogen-bond donors (Lipinski definition) is 4. The van der Waals surface area contributed by atoms with Crippen LogP contribution in [-0.4, -0.2) is 81.8 Å². The molecule has 1 atom stereocenters. The van der Waals surface area contributed by atoms with E-state index in [0.717, 1.165) is 51.4 Å². The van der Waals surface area contributed by atoms with Gasteiger partial charge in [0.25, 0.3) is 0 Å². The second-order valence-electron chi connectivity index (χ2n) is 9.61. The van der Waals surface area contributed by atoms with Gasteiger partial charge in [0.2, 0.25) is 0 Å². The molecule has 0 spiro atoms. The van der Waals surface area contributed by atoms with Crippen molar-refractivity contribution < 1.29 is 39.6 Å². The molecule has 0 saturated carbocycles. The fraction of sp³-hybridized carbons (Fsp3) is 1.00. The van der Waals surface area contributed by atoms with Crippen LogP contribution in [0.3, 0.4) is 0 Å². The summed E-state index contributed by atoms with van der Waals surface area (Å²) in [6.45, 7) is 1.31. The van der Waals surface area contributed by atoms with Crippen molar-refractivity contribution in [2.45, 2.75) is 113 Å². The van der Waals surface area contributed by atoms with Gasteiger partial charge in [-0.15, -0.1) is 0 Å². The Hall–Kier alpha value is 1.36. The SMILES string of the molecule is OCCCCCCP(CCCCCCO)CC[CH]([Pd])P(CCCCCCO)CCCCCCO. The van der Waals surface area contributed by atoms with E-state index in [9.17, 15) is 0 Å². The van der Waals surface area contributed by atoms with Gasteiger partial charge in [0.05, 0.1) is 0 Å². The van der Waals surface area contributed by atoms with Crippen LogP contribution in [0.25, 0.3) is 0 Å². The molecule has 0 aliphatic carbocycles. The molecule has 7 heteroatoms. The summed E-state index contributed by atoms with van der Waals surface area (Å²) in [5, 5.41) is 36.1. The van der Waals surface area contributed by atoms with Gasteiger partial charge >= 0.3 is 226 Å². The van der Waals surface area contributed by atoms with Gasteiger partial charge in [-0.2, -0.15) is 0 Å². The molecule has 0 heterocycles. The van der Waals surface area contributed by atoms with E-state index in [2.05, 4.69) is 19.2 Å². The fourth-order valence-electron chi connectivity index (χ4n) is 4.34. The van der Waals surface area contributed by atoms with E-state index in [-0.39, 0.29) is 15.8 Å². The molecule has 209 valence electrons. The molecule has 0 aromatic carbocycles. The number of unbranched alkanes of at least 4 members (excludes halogenated alkanes) is 12. The third-order valence-corrected chi connectivity index (χ3v) is 14.2. The Kier molecular flexibility index (Phi) is 30.1. The van der Waals surface area contributed by atoms with Crippen LogP contribution in [-0.2, 0) is 19.2 Å². The molecule has 0 amide bonds. The first-order valence-electron chi connectivity index (χ1n) is 14.2. The van der Waals surface area contributed by atoms with Crippen molar-refractivity contribution in [2.75, 3.05) is 57.2 Å². The molecule has 0 radical (unpaired) electrons. The van der Waals surface area contributed by atoms with Crippen LogP contribution >= 0.6 is 15.8 Å². The topological polar surface area (TPSA) is 80.9 Å². The summed E-state index contributed by atoms with van der Waals surface area (Å²) in [4.78, 5) is 0. The van der Waals surface area contributed by atoms with Crippen LogP contribution in [0.5, 0.6) is 0 Å². The second kappa shape index (κ2) is 28.9. The van der Waals surface area contributed by atoms with Crippen molar-refractivity contribution in [1.29, 1.82) is 0 Å². The van der Waals surface area contributed by atoms with Gasteiger partial charge in [0.1, 0.15) is 0 Å². The van der Waals surface area contributed by atoms with E-state index in [1.54, 1.807) is 0 Å². The summed E-state index contributed by atoms with van der Waals surface area (Å²) in [6, 6.07) is 0. The van der Waals surface area contributed by atoms with Gasteiger partial charge in [0, 0.05) is 0 Å². The Balaban J connectivity index is 4.56. The van der Waals surface area contributed by atoms with Crippen molar-refractivity contribution >= 4 is 15.8 Å². The Morgan fingerprint density at radius 3 is 1.09 bits per heavy atom. The monoisotopic (exact) mass is 613 g/mol. The van der Waals surface area contributed by atoms with Gasteiger partial charge in [-0.05, 0) is 0 Å². The maximum absolute atomic E-state index is 9.04. The number of rotatable bonds is 28. The Labute approximate surface area is 225 Å². The molecule has 1 unspecified atom stereocenters. The van der Waals surface area contributed by atoms with Crippen molar-refractivity contribution in [2.24, 2.45) is 0 Å². The number of aliphatic hydroxyl groups is 4.